The number of hydrogen-bond donors (Lipinski definition) is 2. The molecule has 0 aromatic carbocycles. The van der Waals surface area contributed by atoms with E-state index in [2.05, 4.69) is 21.4 Å². The second-order valence-electron chi connectivity index (χ2n) is 5.61. The molecule has 3 rings (SSSR count). The Morgan fingerprint density at radius 3 is 2.50 bits per heavy atom. The molecular formula is C14H21N3O. The van der Waals surface area contributed by atoms with Gasteiger partial charge in [0.15, 0.2) is 0 Å². The van der Waals surface area contributed by atoms with E-state index in [0.29, 0.717) is 12.0 Å². The Hall–Kier alpha value is -1.16. The van der Waals surface area contributed by atoms with E-state index in [9.17, 15) is 5.11 Å². The quantitative estimate of drug-likeness (QED) is 0.861. The first kappa shape index (κ1) is 11.9. The molecule has 1 heterocycles. The number of hydrogen-bond acceptors (Lipinski definition) is 4. The summed E-state index contributed by atoms with van der Waals surface area (Å²) in [6.45, 7) is 0. The maximum atomic E-state index is 9.50. The van der Waals surface area contributed by atoms with Gasteiger partial charge in [-0.1, -0.05) is 6.42 Å². The van der Waals surface area contributed by atoms with Gasteiger partial charge < -0.3 is 10.4 Å². The first-order chi connectivity index (χ1) is 8.81. The van der Waals surface area contributed by atoms with Crippen molar-refractivity contribution in [2.24, 2.45) is 0 Å². The van der Waals surface area contributed by atoms with Crippen LogP contribution < -0.4 is 5.32 Å². The maximum Gasteiger partial charge on any atom is 0.129 e. The predicted molar refractivity (Wildman–Crippen MR) is 70.5 cm³/mol. The van der Waals surface area contributed by atoms with Crippen LogP contribution in [0.2, 0.25) is 0 Å². The molecule has 0 atom stereocenters. The van der Waals surface area contributed by atoms with Crippen molar-refractivity contribution >= 4 is 5.82 Å². The number of aliphatic hydroxyl groups is 1. The Bertz CT molecular complexity index is 398. The van der Waals surface area contributed by atoms with E-state index in [1.807, 2.05) is 0 Å². The highest BCUT2D eigenvalue weighted by molar-refractivity contribution is 5.37. The number of aromatic nitrogens is 2. The van der Waals surface area contributed by atoms with E-state index in [4.69, 9.17) is 0 Å². The zero-order valence-corrected chi connectivity index (χ0v) is 10.7. The molecule has 0 amide bonds. The third-order valence-corrected chi connectivity index (χ3v) is 4.26. The van der Waals surface area contributed by atoms with Gasteiger partial charge in [0.05, 0.1) is 6.10 Å². The molecule has 0 bridgehead atoms. The molecule has 98 valence electrons. The van der Waals surface area contributed by atoms with Crippen molar-refractivity contribution in [1.82, 2.24) is 9.97 Å². The topological polar surface area (TPSA) is 58.0 Å². The summed E-state index contributed by atoms with van der Waals surface area (Å²) in [6, 6.07) is 2.56. The maximum absolute atomic E-state index is 9.50. The van der Waals surface area contributed by atoms with Crippen LogP contribution in [0.1, 0.15) is 56.6 Å². The van der Waals surface area contributed by atoms with Crippen LogP contribution in [0.15, 0.2) is 12.4 Å². The van der Waals surface area contributed by atoms with Crippen LogP contribution in [0.3, 0.4) is 0 Å². The third kappa shape index (κ3) is 2.64. The lowest BCUT2D eigenvalue weighted by atomic mass is 9.83. The fourth-order valence-corrected chi connectivity index (χ4v) is 2.81. The smallest absolute Gasteiger partial charge is 0.129 e. The van der Waals surface area contributed by atoms with Crippen LogP contribution in [0.25, 0.3) is 0 Å². The average molecular weight is 247 g/mol. The summed E-state index contributed by atoms with van der Waals surface area (Å²) in [6.07, 6.45) is 9.31. The van der Waals surface area contributed by atoms with Gasteiger partial charge in [0.1, 0.15) is 12.1 Å². The molecule has 2 aliphatic carbocycles. The first-order valence-corrected chi connectivity index (χ1v) is 7.08. The predicted octanol–water partition coefficient (Wildman–Crippen LogP) is 2.46. The molecule has 4 nitrogen and oxygen atoms in total. The molecule has 4 heteroatoms. The zero-order valence-electron chi connectivity index (χ0n) is 10.7. The molecule has 1 aromatic heterocycles. The third-order valence-electron chi connectivity index (χ3n) is 4.26. The van der Waals surface area contributed by atoms with Crippen LogP contribution >= 0.6 is 0 Å². The lowest BCUT2D eigenvalue weighted by Crippen LogP contribution is -2.28. The van der Waals surface area contributed by atoms with Crippen molar-refractivity contribution in [3.8, 4) is 0 Å². The van der Waals surface area contributed by atoms with Gasteiger partial charge in [-0.25, -0.2) is 9.97 Å². The second kappa shape index (κ2) is 5.22. The van der Waals surface area contributed by atoms with Crippen LogP contribution in [-0.4, -0.2) is 27.2 Å². The SMILES string of the molecule is OC1CCC(Nc2cc(C3CCC3)ncn2)CC1. The summed E-state index contributed by atoms with van der Waals surface area (Å²) >= 11 is 0. The Morgan fingerprint density at radius 1 is 1.06 bits per heavy atom. The lowest BCUT2D eigenvalue weighted by Gasteiger charge is -2.28. The fourth-order valence-electron chi connectivity index (χ4n) is 2.81. The molecule has 2 fully saturated rings. The molecule has 0 radical (unpaired) electrons. The van der Waals surface area contributed by atoms with E-state index in [0.717, 1.165) is 31.5 Å². The van der Waals surface area contributed by atoms with Crippen molar-refractivity contribution in [2.45, 2.75) is 63.0 Å². The van der Waals surface area contributed by atoms with E-state index >= 15 is 0 Å². The summed E-state index contributed by atoms with van der Waals surface area (Å²) in [4.78, 5) is 8.68. The van der Waals surface area contributed by atoms with Crippen molar-refractivity contribution in [2.75, 3.05) is 5.32 Å². The minimum atomic E-state index is -0.0982. The Labute approximate surface area is 108 Å². The standard InChI is InChI=1S/C14H21N3O/c18-12-6-4-11(5-7-12)17-14-8-13(15-9-16-14)10-2-1-3-10/h8-12,18H,1-7H2,(H,15,16,17). The van der Waals surface area contributed by atoms with Gasteiger partial charge in [0, 0.05) is 23.7 Å². The number of aliphatic hydroxyl groups excluding tert-OH is 1. The molecule has 2 saturated carbocycles. The van der Waals surface area contributed by atoms with Crippen molar-refractivity contribution in [3.05, 3.63) is 18.1 Å². The summed E-state index contributed by atoms with van der Waals surface area (Å²) in [7, 11) is 0. The summed E-state index contributed by atoms with van der Waals surface area (Å²) in [5, 5.41) is 13.0. The molecule has 2 aliphatic rings. The monoisotopic (exact) mass is 247 g/mol. The Kier molecular flexibility index (Phi) is 3.46. The first-order valence-electron chi connectivity index (χ1n) is 7.08. The summed E-state index contributed by atoms with van der Waals surface area (Å²) in [5.74, 6) is 1.61. The van der Waals surface area contributed by atoms with Gasteiger partial charge >= 0.3 is 0 Å². The van der Waals surface area contributed by atoms with Gasteiger partial charge in [-0.3, -0.25) is 0 Å². The van der Waals surface area contributed by atoms with Gasteiger partial charge in [-0.15, -0.1) is 0 Å². The molecular weight excluding hydrogens is 226 g/mol. The van der Waals surface area contributed by atoms with E-state index < -0.39 is 0 Å². The van der Waals surface area contributed by atoms with Crippen LogP contribution in [0, 0.1) is 0 Å². The number of anilines is 1. The Balaban J connectivity index is 1.61. The van der Waals surface area contributed by atoms with Crippen LogP contribution in [0.5, 0.6) is 0 Å². The minimum absolute atomic E-state index is 0.0982. The van der Waals surface area contributed by atoms with Crippen molar-refractivity contribution in [3.63, 3.8) is 0 Å². The fraction of sp³-hybridized carbons (Fsp3) is 0.714. The van der Waals surface area contributed by atoms with Crippen LogP contribution in [0.4, 0.5) is 5.82 Å². The molecule has 0 aliphatic heterocycles. The molecule has 18 heavy (non-hydrogen) atoms. The number of nitrogens with one attached hydrogen (secondary N) is 1. The van der Waals surface area contributed by atoms with Crippen molar-refractivity contribution in [1.29, 1.82) is 0 Å². The number of nitrogens with zero attached hydrogens (tertiary/aromatic N) is 2. The largest absolute Gasteiger partial charge is 0.393 e. The normalized spacial score (nSPS) is 28.7. The van der Waals surface area contributed by atoms with Gasteiger partial charge in [-0.05, 0) is 38.5 Å². The second-order valence-corrected chi connectivity index (χ2v) is 5.61. The molecule has 1 aromatic rings. The van der Waals surface area contributed by atoms with E-state index in [1.54, 1.807) is 6.33 Å². The van der Waals surface area contributed by atoms with Crippen LogP contribution in [-0.2, 0) is 0 Å². The molecule has 0 saturated heterocycles. The number of rotatable bonds is 3. The van der Waals surface area contributed by atoms with Gasteiger partial charge in [-0.2, -0.15) is 0 Å². The average Bonchev–Trinajstić information content (AvgIpc) is 2.31. The van der Waals surface area contributed by atoms with E-state index in [1.165, 1.54) is 25.0 Å². The molecule has 0 unspecified atom stereocenters. The highest BCUT2D eigenvalue weighted by atomic mass is 16.3. The van der Waals surface area contributed by atoms with E-state index in [-0.39, 0.29) is 6.10 Å². The molecule has 2 N–H and O–H groups in total. The van der Waals surface area contributed by atoms with Gasteiger partial charge in [0.25, 0.3) is 0 Å². The van der Waals surface area contributed by atoms with Crippen molar-refractivity contribution < 1.29 is 5.11 Å². The minimum Gasteiger partial charge on any atom is -0.393 e. The van der Waals surface area contributed by atoms with Gasteiger partial charge in [0.2, 0.25) is 0 Å². The summed E-state index contributed by atoms with van der Waals surface area (Å²) < 4.78 is 0. The highest BCUT2D eigenvalue weighted by Crippen LogP contribution is 2.35. The lowest BCUT2D eigenvalue weighted by molar-refractivity contribution is 0.126. The summed E-state index contributed by atoms with van der Waals surface area (Å²) in [5.41, 5.74) is 1.19. The Morgan fingerprint density at radius 2 is 1.83 bits per heavy atom. The molecule has 0 spiro atoms. The zero-order chi connectivity index (χ0) is 12.4. The highest BCUT2D eigenvalue weighted by Gasteiger charge is 2.22.